The van der Waals surface area contributed by atoms with E-state index in [0.29, 0.717) is 6.42 Å². The zero-order chi connectivity index (χ0) is 20.9. The number of esters is 1. The lowest BCUT2D eigenvalue weighted by Crippen LogP contribution is -2.30. The summed E-state index contributed by atoms with van der Waals surface area (Å²) in [6.07, 6.45) is 7.83. The first-order valence-corrected chi connectivity index (χ1v) is 10.8. The average molecular weight is 395 g/mol. The molecule has 0 bridgehead atoms. The first kappa shape index (κ1) is 22.9. The molecule has 0 aromatic heterocycles. The van der Waals surface area contributed by atoms with Gasteiger partial charge in [0.1, 0.15) is 6.10 Å². The fraction of sp³-hybridized carbons (Fsp3) is 0.423. The smallest absolute Gasteiger partial charge is 0.306 e. The number of benzene rings is 2. The molecule has 156 valence electrons. The molecule has 1 N–H and O–H groups in total. The second kappa shape index (κ2) is 12.9. The first-order chi connectivity index (χ1) is 14.2. The third-order valence-electron chi connectivity index (χ3n) is 5.10. The monoisotopic (exact) mass is 394 g/mol. The molecular formula is C26H34O3. The zero-order valence-electron chi connectivity index (χ0n) is 17.7. The molecule has 0 aliphatic rings. The Kier molecular flexibility index (Phi) is 10.2. The Morgan fingerprint density at radius 3 is 2.21 bits per heavy atom. The fourth-order valence-electron chi connectivity index (χ4n) is 3.38. The van der Waals surface area contributed by atoms with Gasteiger partial charge >= 0.3 is 5.97 Å². The Bertz CT molecular complexity index is 724. The van der Waals surface area contributed by atoms with Crippen LogP contribution >= 0.6 is 0 Å². The minimum absolute atomic E-state index is 0.175. The van der Waals surface area contributed by atoms with Gasteiger partial charge in [-0.05, 0) is 24.0 Å². The molecule has 0 radical (unpaired) electrons. The molecule has 3 atom stereocenters. The van der Waals surface area contributed by atoms with Crippen LogP contribution in [-0.4, -0.2) is 17.2 Å². The number of hydrogen-bond acceptors (Lipinski definition) is 3. The summed E-state index contributed by atoms with van der Waals surface area (Å²) in [5, 5.41) is 11.2. The zero-order valence-corrected chi connectivity index (χ0v) is 17.7. The Labute approximate surface area is 175 Å². The van der Waals surface area contributed by atoms with Gasteiger partial charge in [0.05, 0.1) is 6.10 Å². The Balaban J connectivity index is 2.29. The van der Waals surface area contributed by atoms with Crippen molar-refractivity contribution in [2.75, 3.05) is 0 Å². The van der Waals surface area contributed by atoms with Gasteiger partial charge in [-0.15, -0.1) is 0 Å². The predicted molar refractivity (Wildman–Crippen MR) is 119 cm³/mol. The first-order valence-electron chi connectivity index (χ1n) is 10.8. The van der Waals surface area contributed by atoms with E-state index in [1.807, 2.05) is 72.8 Å². The highest BCUT2D eigenvalue weighted by atomic mass is 16.5. The van der Waals surface area contributed by atoms with Crippen molar-refractivity contribution < 1.29 is 14.6 Å². The van der Waals surface area contributed by atoms with E-state index in [4.69, 9.17) is 4.74 Å². The van der Waals surface area contributed by atoms with Crippen LogP contribution in [0.3, 0.4) is 0 Å². The van der Waals surface area contributed by atoms with Crippen LogP contribution in [0.5, 0.6) is 0 Å². The highest BCUT2D eigenvalue weighted by Gasteiger charge is 2.30. The van der Waals surface area contributed by atoms with E-state index >= 15 is 0 Å². The Morgan fingerprint density at radius 2 is 1.59 bits per heavy atom. The highest BCUT2D eigenvalue weighted by Crippen LogP contribution is 2.31. The van der Waals surface area contributed by atoms with E-state index in [-0.39, 0.29) is 18.0 Å². The quantitative estimate of drug-likeness (QED) is 0.427. The van der Waals surface area contributed by atoms with Crippen LogP contribution < -0.4 is 0 Å². The van der Waals surface area contributed by atoms with Crippen molar-refractivity contribution in [3.8, 4) is 0 Å². The molecule has 0 aliphatic carbocycles. The lowest BCUT2D eigenvalue weighted by Gasteiger charge is -2.29. The maximum absolute atomic E-state index is 12.4. The summed E-state index contributed by atoms with van der Waals surface area (Å²) in [5.41, 5.74) is 1.89. The summed E-state index contributed by atoms with van der Waals surface area (Å²) in [6.45, 7) is 4.19. The summed E-state index contributed by atoms with van der Waals surface area (Å²) in [4.78, 5) is 12.4. The summed E-state index contributed by atoms with van der Waals surface area (Å²) >= 11 is 0. The van der Waals surface area contributed by atoms with Crippen molar-refractivity contribution in [1.29, 1.82) is 0 Å². The molecular weight excluding hydrogens is 360 g/mol. The van der Waals surface area contributed by atoms with Gasteiger partial charge < -0.3 is 9.84 Å². The highest BCUT2D eigenvalue weighted by molar-refractivity contribution is 5.69. The van der Waals surface area contributed by atoms with Crippen LogP contribution in [-0.2, 0) is 9.53 Å². The molecule has 3 nitrogen and oxygen atoms in total. The van der Waals surface area contributed by atoms with Gasteiger partial charge in [-0.2, -0.15) is 0 Å². The minimum Gasteiger partial charge on any atom is -0.462 e. The second-order valence-corrected chi connectivity index (χ2v) is 7.48. The average Bonchev–Trinajstić information content (AvgIpc) is 2.77. The van der Waals surface area contributed by atoms with E-state index in [1.54, 1.807) is 0 Å². The van der Waals surface area contributed by atoms with E-state index in [2.05, 4.69) is 13.8 Å². The maximum Gasteiger partial charge on any atom is 0.306 e. The molecule has 2 aromatic rings. The van der Waals surface area contributed by atoms with Gasteiger partial charge in [0.15, 0.2) is 0 Å². The minimum atomic E-state index is -0.739. The Morgan fingerprint density at radius 1 is 0.966 bits per heavy atom. The number of carbonyl (C=O) groups is 1. The molecule has 29 heavy (non-hydrogen) atoms. The van der Waals surface area contributed by atoms with Crippen LogP contribution in [0, 0.1) is 5.92 Å². The Hall–Kier alpha value is -2.39. The van der Waals surface area contributed by atoms with Gasteiger partial charge in [0.2, 0.25) is 0 Å². The SMILES string of the molecule is CCCCC(=O)O[C@H](CCCC)[C@H](/C=C/c1ccccc1)[C@H](O)c1ccccc1. The third kappa shape index (κ3) is 7.86. The maximum atomic E-state index is 12.4. The van der Waals surface area contributed by atoms with Gasteiger partial charge in [-0.25, -0.2) is 0 Å². The van der Waals surface area contributed by atoms with E-state index in [1.165, 1.54) is 0 Å². The second-order valence-electron chi connectivity index (χ2n) is 7.48. The number of ether oxygens (including phenoxy) is 1. The number of unbranched alkanes of at least 4 members (excludes halogenated alkanes) is 2. The molecule has 0 aliphatic heterocycles. The van der Waals surface area contributed by atoms with Crippen LogP contribution in [0.25, 0.3) is 6.08 Å². The van der Waals surface area contributed by atoms with E-state index in [9.17, 15) is 9.90 Å². The van der Waals surface area contributed by atoms with Gasteiger partial charge in [0, 0.05) is 12.3 Å². The van der Waals surface area contributed by atoms with Gasteiger partial charge in [0.25, 0.3) is 0 Å². The van der Waals surface area contributed by atoms with Crippen LogP contribution in [0.2, 0.25) is 0 Å². The van der Waals surface area contributed by atoms with Crippen molar-refractivity contribution in [3.05, 3.63) is 77.9 Å². The van der Waals surface area contributed by atoms with E-state index in [0.717, 1.165) is 43.2 Å². The topological polar surface area (TPSA) is 46.5 Å². The van der Waals surface area contributed by atoms with Crippen LogP contribution in [0.15, 0.2) is 66.7 Å². The summed E-state index contributed by atoms with van der Waals surface area (Å²) in [5.74, 6) is -0.485. The molecule has 0 spiro atoms. The fourth-order valence-corrected chi connectivity index (χ4v) is 3.38. The molecule has 3 heteroatoms. The van der Waals surface area contributed by atoms with E-state index < -0.39 is 6.10 Å². The lowest BCUT2D eigenvalue weighted by atomic mass is 9.87. The van der Waals surface area contributed by atoms with Crippen molar-refractivity contribution in [2.24, 2.45) is 5.92 Å². The van der Waals surface area contributed by atoms with Crippen LogP contribution in [0.1, 0.15) is 69.6 Å². The molecule has 0 unspecified atom stereocenters. The van der Waals surface area contributed by atoms with Crippen LogP contribution in [0.4, 0.5) is 0 Å². The molecule has 0 heterocycles. The van der Waals surface area contributed by atoms with Crippen molar-refractivity contribution in [1.82, 2.24) is 0 Å². The van der Waals surface area contributed by atoms with Crippen molar-refractivity contribution in [3.63, 3.8) is 0 Å². The summed E-state index contributed by atoms with van der Waals surface area (Å²) in [7, 11) is 0. The number of hydrogen-bond donors (Lipinski definition) is 1. The largest absolute Gasteiger partial charge is 0.462 e. The third-order valence-corrected chi connectivity index (χ3v) is 5.10. The lowest BCUT2D eigenvalue weighted by molar-refractivity contribution is -0.153. The van der Waals surface area contributed by atoms with Crippen molar-refractivity contribution in [2.45, 2.75) is 64.6 Å². The number of rotatable bonds is 12. The number of aliphatic hydroxyl groups excluding tert-OH is 1. The number of carbonyl (C=O) groups excluding carboxylic acids is 1. The molecule has 0 fully saturated rings. The van der Waals surface area contributed by atoms with Gasteiger partial charge in [-0.1, -0.05) is 106 Å². The molecule has 2 rings (SSSR count). The summed E-state index contributed by atoms with van der Waals surface area (Å²) < 4.78 is 5.90. The normalized spacial score (nSPS) is 14.4. The summed E-state index contributed by atoms with van der Waals surface area (Å²) in [6, 6.07) is 19.6. The van der Waals surface area contributed by atoms with Gasteiger partial charge in [-0.3, -0.25) is 4.79 Å². The molecule has 0 saturated heterocycles. The molecule has 0 saturated carbocycles. The standard InChI is InChI=1S/C26H34O3/c1-3-5-17-24(29-25(27)18-6-4-2)23(20-19-21-13-9-7-10-14-21)26(28)22-15-11-8-12-16-22/h7-16,19-20,23-24,26,28H,3-6,17-18H2,1-2H3/b20-19+/t23-,24+,26+/m0/s1. The van der Waals surface area contributed by atoms with Crippen molar-refractivity contribution >= 4 is 12.0 Å². The number of aliphatic hydroxyl groups is 1. The molecule has 2 aromatic carbocycles. The molecule has 0 amide bonds. The predicted octanol–water partition coefficient (Wildman–Crippen LogP) is 6.34.